The van der Waals surface area contributed by atoms with Crippen LogP contribution in [0.1, 0.15) is 16.1 Å². The maximum absolute atomic E-state index is 12.3. The van der Waals surface area contributed by atoms with E-state index >= 15 is 0 Å². The summed E-state index contributed by atoms with van der Waals surface area (Å²) in [6.07, 6.45) is 1.75. The van der Waals surface area contributed by atoms with Crippen molar-refractivity contribution in [3.8, 4) is 5.69 Å². The summed E-state index contributed by atoms with van der Waals surface area (Å²) in [7, 11) is 1.81. The fraction of sp³-hybridized carbons (Fsp3) is 0.111. The van der Waals surface area contributed by atoms with Gasteiger partial charge in [-0.15, -0.1) is 0 Å². The molecule has 1 amide bonds. The van der Waals surface area contributed by atoms with E-state index in [9.17, 15) is 4.79 Å². The second kappa shape index (κ2) is 6.36. The molecule has 116 valence electrons. The van der Waals surface area contributed by atoms with Gasteiger partial charge in [0.1, 0.15) is 0 Å². The molecule has 1 heterocycles. The first-order chi connectivity index (χ1) is 11.1. The highest BCUT2D eigenvalue weighted by Gasteiger charge is 2.09. The molecule has 0 bridgehead atoms. The van der Waals surface area contributed by atoms with Crippen LogP contribution in [0.5, 0.6) is 0 Å². The molecule has 3 rings (SSSR count). The van der Waals surface area contributed by atoms with Gasteiger partial charge in [0, 0.05) is 24.5 Å². The summed E-state index contributed by atoms with van der Waals surface area (Å²) in [5.41, 5.74) is 6.35. The van der Waals surface area contributed by atoms with Crippen LogP contribution in [0.4, 0.5) is 5.69 Å². The Balaban J connectivity index is 1.72. The SMILES string of the molecule is Cc1ccnn1-c1ccc(C(=O)NN(C)c2ccccc2)cc1. The number of aryl methyl sites for hydroxylation is 1. The summed E-state index contributed by atoms with van der Waals surface area (Å²) in [6, 6.07) is 19.0. The molecule has 0 saturated heterocycles. The first-order valence-electron chi connectivity index (χ1n) is 7.36. The van der Waals surface area contributed by atoms with Crippen molar-refractivity contribution in [3.05, 3.63) is 78.1 Å². The Labute approximate surface area is 135 Å². The predicted molar refractivity (Wildman–Crippen MR) is 90.6 cm³/mol. The van der Waals surface area contributed by atoms with Crippen LogP contribution in [-0.4, -0.2) is 22.7 Å². The molecule has 0 radical (unpaired) electrons. The van der Waals surface area contributed by atoms with E-state index in [1.54, 1.807) is 23.3 Å². The van der Waals surface area contributed by atoms with Crippen LogP contribution in [0.3, 0.4) is 0 Å². The van der Waals surface area contributed by atoms with Crippen LogP contribution < -0.4 is 10.4 Å². The zero-order valence-corrected chi connectivity index (χ0v) is 13.1. The molecule has 0 atom stereocenters. The molecule has 5 heteroatoms. The van der Waals surface area contributed by atoms with Gasteiger partial charge in [0.25, 0.3) is 5.91 Å². The molecule has 0 aliphatic carbocycles. The van der Waals surface area contributed by atoms with E-state index in [-0.39, 0.29) is 5.91 Å². The van der Waals surface area contributed by atoms with E-state index in [0.29, 0.717) is 5.56 Å². The highest BCUT2D eigenvalue weighted by atomic mass is 16.2. The number of benzene rings is 2. The zero-order valence-electron chi connectivity index (χ0n) is 13.1. The number of nitrogens with zero attached hydrogens (tertiary/aromatic N) is 3. The molecule has 1 aromatic heterocycles. The van der Waals surface area contributed by atoms with E-state index in [1.807, 2.05) is 67.2 Å². The highest BCUT2D eigenvalue weighted by Crippen LogP contribution is 2.13. The normalized spacial score (nSPS) is 10.3. The Kier molecular flexibility index (Phi) is 4.10. The lowest BCUT2D eigenvalue weighted by Crippen LogP contribution is -2.39. The number of carbonyl (C=O) groups excluding carboxylic acids is 1. The molecular weight excluding hydrogens is 288 g/mol. The lowest BCUT2D eigenvalue weighted by molar-refractivity contribution is 0.0951. The molecule has 23 heavy (non-hydrogen) atoms. The van der Waals surface area contributed by atoms with Crippen molar-refractivity contribution in [2.75, 3.05) is 12.1 Å². The second-order valence-electron chi connectivity index (χ2n) is 5.27. The number of aromatic nitrogens is 2. The molecule has 0 fully saturated rings. The van der Waals surface area contributed by atoms with Crippen LogP contribution in [0, 0.1) is 6.92 Å². The molecule has 0 saturated carbocycles. The molecule has 0 spiro atoms. The average molecular weight is 306 g/mol. The summed E-state index contributed by atoms with van der Waals surface area (Å²) in [5.74, 6) is -0.153. The minimum Gasteiger partial charge on any atom is -0.288 e. The van der Waals surface area contributed by atoms with Gasteiger partial charge in [-0.1, -0.05) is 18.2 Å². The van der Waals surface area contributed by atoms with E-state index in [0.717, 1.165) is 17.1 Å². The Morgan fingerprint density at radius 1 is 1.04 bits per heavy atom. The Hall–Kier alpha value is -3.08. The van der Waals surface area contributed by atoms with Crippen molar-refractivity contribution >= 4 is 11.6 Å². The van der Waals surface area contributed by atoms with Crippen molar-refractivity contribution in [2.45, 2.75) is 6.92 Å². The van der Waals surface area contributed by atoms with E-state index in [1.165, 1.54) is 0 Å². The minimum atomic E-state index is -0.153. The molecule has 3 aromatic rings. The summed E-state index contributed by atoms with van der Waals surface area (Å²) < 4.78 is 1.83. The third-order valence-electron chi connectivity index (χ3n) is 3.62. The van der Waals surface area contributed by atoms with Crippen molar-refractivity contribution in [2.24, 2.45) is 0 Å². The summed E-state index contributed by atoms with van der Waals surface area (Å²) in [4.78, 5) is 12.3. The maximum atomic E-state index is 12.3. The number of nitrogens with one attached hydrogen (secondary N) is 1. The first kappa shape index (κ1) is 14.8. The number of hydrogen-bond donors (Lipinski definition) is 1. The van der Waals surface area contributed by atoms with Gasteiger partial charge in [-0.05, 0) is 49.4 Å². The largest absolute Gasteiger partial charge is 0.288 e. The number of hydrogen-bond acceptors (Lipinski definition) is 3. The minimum absolute atomic E-state index is 0.153. The Morgan fingerprint density at radius 3 is 2.35 bits per heavy atom. The van der Waals surface area contributed by atoms with Crippen LogP contribution in [-0.2, 0) is 0 Å². The molecule has 5 nitrogen and oxygen atoms in total. The predicted octanol–water partition coefficient (Wildman–Crippen LogP) is 2.96. The second-order valence-corrected chi connectivity index (χ2v) is 5.27. The smallest absolute Gasteiger partial charge is 0.269 e. The summed E-state index contributed by atoms with van der Waals surface area (Å²) >= 11 is 0. The van der Waals surface area contributed by atoms with Gasteiger partial charge in [0.05, 0.1) is 11.4 Å². The number of rotatable bonds is 4. The molecule has 2 aromatic carbocycles. The molecule has 0 unspecified atom stereocenters. The number of anilines is 1. The molecular formula is C18H18N4O. The quantitative estimate of drug-likeness (QED) is 0.754. The topological polar surface area (TPSA) is 50.2 Å². The summed E-state index contributed by atoms with van der Waals surface area (Å²) in [6.45, 7) is 1.99. The van der Waals surface area contributed by atoms with Gasteiger partial charge >= 0.3 is 0 Å². The van der Waals surface area contributed by atoms with Crippen LogP contribution >= 0.6 is 0 Å². The van der Waals surface area contributed by atoms with E-state index in [4.69, 9.17) is 0 Å². The molecule has 0 aliphatic rings. The standard InChI is InChI=1S/C18H18N4O/c1-14-12-13-19-22(14)17-10-8-15(9-11-17)18(23)20-21(2)16-6-4-3-5-7-16/h3-13H,1-2H3,(H,20,23). The van der Waals surface area contributed by atoms with Gasteiger partial charge in [-0.3, -0.25) is 15.2 Å². The average Bonchev–Trinajstić information content (AvgIpc) is 3.02. The van der Waals surface area contributed by atoms with Gasteiger partial charge < -0.3 is 0 Å². The van der Waals surface area contributed by atoms with E-state index in [2.05, 4.69) is 10.5 Å². The van der Waals surface area contributed by atoms with Gasteiger partial charge in [-0.2, -0.15) is 5.10 Å². The number of hydrazine groups is 1. The van der Waals surface area contributed by atoms with Crippen molar-refractivity contribution in [1.29, 1.82) is 0 Å². The third-order valence-corrected chi connectivity index (χ3v) is 3.62. The fourth-order valence-corrected chi connectivity index (χ4v) is 2.33. The molecule has 1 N–H and O–H groups in total. The van der Waals surface area contributed by atoms with Gasteiger partial charge in [0.2, 0.25) is 0 Å². The summed E-state index contributed by atoms with van der Waals surface area (Å²) in [5, 5.41) is 5.96. The zero-order chi connectivity index (χ0) is 16.2. The van der Waals surface area contributed by atoms with Gasteiger partial charge in [0.15, 0.2) is 0 Å². The number of carbonyl (C=O) groups is 1. The van der Waals surface area contributed by atoms with Crippen LogP contribution in [0.2, 0.25) is 0 Å². The van der Waals surface area contributed by atoms with Gasteiger partial charge in [-0.25, -0.2) is 4.68 Å². The van der Waals surface area contributed by atoms with Crippen molar-refractivity contribution in [3.63, 3.8) is 0 Å². The Bertz CT molecular complexity index is 793. The lowest BCUT2D eigenvalue weighted by atomic mass is 10.2. The molecule has 0 aliphatic heterocycles. The number of amides is 1. The first-order valence-corrected chi connectivity index (χ1v) is 7.36. The number of para-hydroxylation sites is 1. The van der Waals surface area contributed by atoms with Crippen molar-refractivity contribution in [1.82, 2.24) is 15.2 Å². The monoisotopic (exact) mass is 306 g/mol. The van der Waals surface area contributed by atoms with Crippen LogP contribution in [0.25, 0.3) is 5.69 Å². The van der Waals surface area contributed by atoms with Crippen molar-refractivity contribution < 1.29 is 4.79 Å². The van der Waals surface area contributed by atoms with E-state index < -0.39 is 0 Å². The lowest BCUT2D eigenvalue weighted by Gasteiger charge is -2.20. The van der Waals surface area contributed by atoms with Crippen LogP contribution in [0.15, 0.2) is 66.9 Å². The highest BCUT2D eigenvalue weighted by molar-refractivity contribution is 5.95. The maximum Gasteiger partial charge on any atom is 0.269 e. The Morgan fingerprint density at radius 2 is 1.74 bits per heavy atom. The third kappa shape index (κ3) is 3.23. The fourth-order valence-electron chi connectivity index (χ4n) is 2.33.